The van der Waals surface area contributed by atoms with E-state index in [9.17, 15) is 0 Å². The van der Waals surface area contributed by atoms with Crippen molar-refractivity contribution in [1.29, 1.82) is 0 Å². The van der Waals surface area contributed by atoms with E-state index in [2.05, 4.69) is 10.2 Å². The van der Waals surface area contributed by atoms with Gasteiger partial charge in [0.2, 0.25) is 5.88 Å². The maximum atomic E-state index is 8.81. The van der Waals surface area contributed by atoms with Gasteiger partial charge in [-0.3, -0.25) is 0 Å². The van der Waals surface area contributed by atoms with Gasteiger partial charge in [-0.15, -0.1) is 5.10 Å². The second-order valence-electron chi connectivity index (χ2n) is 2.87. The minimum atomic E-state index is -1.54. The summed E-state index contributed by atoms with van der Waals surface area (Å²) in [6.07, 6.45) is 1.26. The molecule has 1 aromatic heterocycles. The van der Waals surface area contributed by atoms with Crippen LogP contribution in [-0.4, -0.2) is 33.5 Å². The molecule has 2 N–H and O–H groups in total. The zero-order valence-corrected chi connectivity index (χ0v) is 7.51. The van der Waals surface area contributed by atoms with Crippen molar-refractivity contribution in [3.63, 3.8) is 0 Å². The Bertz CT molecular complexity index is 280. The topological polar surface area (TPSA) is 75.5 Å². The van der Waals surface area contributed by atoms with Crippen LogP contribution in [0.15, 0.2) is 12.3 Å². The highest BCUT2D eigenvalue weighted by molar-refractivity contribution is 6.58. The molecule has 13 heavy (non-hydrogen) atoms. The lowest BCUT2D eigenvalue weighted by atomic mass is 9.82. The molecule has 0 fully saturated rings. The van der Waals surface area contributed by atoms with Crippen molar-refractivity contribution in [2.75, 3.05) is 0 Å². The largest absolute Gasteiger partial charge is 0.490 e. The Morgan fingerprint density at radius 2 is 2.15 bits per heavy atom. The molecule has 0 unspecified atom stereocenters. The molecule has 1 heterocycles. The van der Waals surface area contributed by atoms with Gasteiger partial charge in [0, 0.05) is 17.7 Å². The highest BCUT2D eigenvalue weighted by Gasteiger charge is 2.13. The molecule has 0 bridgehead atoms. The summed E-state index contributed by atoms with van der Waals surface area (Å²) in [5, 5.41) is 24.9. The third kappa shape index (κ3) is 3.00. The van der Waals surface area contributed by atoms with Crippen molar-refractivity contribution in [1.82, 2.24) is 10.2 Å². The number of nitrogens with zero attached hydrogens (tertiary/aromatic N) is 2. The Balaban J connectivity index is 2.79. The Morgan fingerprint density at radius 3 is 2.69 bits per heavy atom. The minimum absolute atomic E-state index is 0.0135. The average Bonchev–Trinajstić information content (AvgIpc) is 2.03. The molecule has 0 aromatic carbocycles. The van der Waals surface area contributed by atoms with Gasteiger partial charge in [0.25, 0.3) is 0 Å². The summed E-state index contributed by atoms with van der Waals surface area (Å²) < 4.78 is 5.21. The van der Waals surface area contributed by atoms with Crippen LogP contribution in [0.4, 0.5) is 0 Å². The minimum Gasteiger partial charge on any atom is -0.474 e. The first kappa shape index (κ1) is 9.95. The van der Waals surface area contributed by atoms with Gasteiger partial charge in [-0.2, -0.15) is 5.10 Å². The van der Waals surface area contributed by atoms with Crippen LogP contribution in [0.2, 0.25) is 0 Å². The fourth-order valence-electron chi connectivity index (χ4n) is 0.801. The van der Waals surface area contributed by atoms with E-state index in [1.165, 1.54) is 12.3 Å². The van der Waals surface area contributed by atoms with E-state index in [0.717, 1.165) is 0 Å². The zero-order valence-electron chi connectivity index (χ0n) is 7.51. The molecule has 1 rings (SSSR count). The number of hydrogen-bond acceptors (Lipinski definition) is 5. The van der Waals surface area contributed by atoms with Gasteiger partial charge < -0.3 is 14.8 Å². The number of aromatic nitrogens is 2. The summed E-state index contributed by atoms with van der Waals surface area (Å²) >= 11 is 0. The van der Waals surface area contributed by atoms with Crippen LogP contribution in [0, 0.1) is 0 Å². The van der Waals surface area contributed by atoms with Gasteiger partial charge in [0.15, 0.2) is 0 Å². The highest BCUT2D eigenvalue weighted by atomic mass is 16.5. The van der Waals surface area contributed by atoms with Gasteiger partial charge >= 0.3 is 7.12 Å². The van der Waals surface area contributed by atoms with E-state index in [0.29, 0.717) is 5.88 Å². The molecule has 0 saturated carbocycles. The van der Waals surface area contributed by atoms with Gasteiger partial charge in [-0.25, -0.2) is 0 Å². The van der Waals surface area contributed by atoms with Crippen LogP contribution in [0.25, 0.3) is 0 Å². The van der Waals surface area contributed by atoms with Crippen LogP contribution in [0.5, 0.6) is 5.88 Å². The third-order valence-electron chi connectivity index (χ3n) is 1.31. The summed E-state index contributed by atoms with van der Waals surface area (Å²) in [7, 11) is -1.54. The number of ether oxygens (including phenoxy) is 1. The first-order valence-corrected chi connectivity index (χ1v) is 3.95. The molecule has 0 saturated heterocycles. The second kappa shape index (κ2) is 4.20. The molecule has 0 spiro atoms. The SMILES string of the molecule is CC(C)Oc1cc(B(O)O)cnn1. The lowest BCUT2D eigenvalue weighted by Gasteiger charge is -2.08. The molecular formula is C7H11BN2O3. The predicted molar refractivity (Wildman–Crippen MR) is 47.6 cm³/mol. The monoisotopic (exact) mass is 182 g/mol. The fraction of sp³-hybridized carbons (Fsp3) is 0.429. The molecule has 0 aliphatic carbocycles. The molecule has 0 atom stereocenters. The van der Waals surface area contributed by atoms with Gasteiger partial charge in [0.05, 0.1) is 6.10 Å². The third-order valence-corrected chi connectivity index (χ3v) is 1.31. The van der Waals surface area contributed by atoms with Crippen molar-refractivity contribution in [2.45, 2.75) is 20.0 Å². The Hall–Kier alpha value is -1.14. The Kier molecular flexibility index (Phi) is 3.22. The van der Waals surface area contributed by atoms with Crippen molar-refractivity contribution < 1.29 is 14.8 Å². The van der Waals surface area contributed by atoms with Crippen molar-refractivity contribution in [3.8, 4) is 5.88 Å². The smallest absolute Gasteiger partial charge is 0.474 e. The molecule has 0 radical (unpaired) electrons. The average molecular weight is 182 g/mol. The van der Waals surface area contributed by atoms with Crippen LogP contribution in [0.3, 0.4) is 0 Å². The van der Waals surface area contributed by atoms with E-state index in [4.69, 9.17) is 14.8 Å². The lowest BCUT2D eigenvalue weighted by molar-refractivity contribution is 0.230. The van der Waals surface area contributed by atoms with Crippen LogP contribution in [0.1, 0.15) is 13.8 Å². The normalized spacial score (nSPS) is 10.2. The lowest BCUT2D eigenvalue weighted by Crippen LogP contribution is -2.30. The molecular weight excluding hydrogens is 171 g/mol. The maximum Gasteiger partial charge on any atom is 0.490 e. The summed E-state index contributed by atoms with van der Waals surface area (Å²) in [4.78, 5) is 0. The van der Waals surface area contributed by atoms with E-state index in [1.807, 2.05) is 13.8 Å². The van der Waals surface area contributed by atoms with E-state index < -0.39 is 7.12 Å². The maximum absolute atomic E-state index is 8.81. The van der Waals surface area contributed by atoms with E-state index in [-0.39, 0.29) is 11.6 Å². The quantitative estimate of drug-likeness (QED) is 0.583. The van der Waals surface area contributed by atoms with Crippen LogP contribution in [-0.2, 0) is 0 Å². The summed E-state index contributed by atoms with van der Waals surface area (Å²) in [5.74, 6) is 0.292. The molecule has 0 aliphatic heterocycles. The second-order valence-corrected chi connectivity index (χ2v) is 2.87. The Labute approximate surface area is 76.5 Å². The molecule has 70 valence electrons. The Morgan fingerprint density at radius 1 is 1.46 bits per heavy atom. The number of hydrogen-bond donors (Lipinski definition) is 2. The van der Waals surface area contributed by atoms with E-state index in [1.54, 1.807) is 0 Å². The van der Waals surface area contributed by atoms with Crippen molar-refractivity contribution >= 4 is 12.6 Å². The molecule has 6 heteroatoms. The van der Waals surface area contributed by atoms with E-state index >= 15 is 0 Å². The molecule has 0 aliphatic rings. The summed E-state index contributed by atoms with van der Waals surface area (Å²) in [6.45, 7) is 3.70. The molecule has 1 aromatic rings. The first-order valence-electron chi connectivity index (χ1n) is 3.95. The molecule has 5 nitrogen and oxygen atoms in total. The summed E-state index contributed by atoms with van der Waals surface area (Å²) in [5.41, 5.74) is 0.269. The van der Waals surface area contributed by atoms with Gasteiger partial charge in [-0.05, 0) is 13.8 Å². The standard InChI is InChI=1S/C7H11BN2O3/c1-5(2)13-7-3-6(8(11)12)4-9-10-7/h3-5,11-12H,1-2H3. The van der Waals surface area contributed by atoms with Crippen molar-refractivity contribution in [3.05, 3.63) is 12.3 Å². The van der Waals surface area contributed by atoms with Gasteiger partial charge in [-0.1, -0.05) is 0 Å². The van der Waals surface area contributed by atoms with Crippen LogP contribution >= 0.6 is 0 Å². The predicted octanol–water partition coefficient (Wildman–Crippen LogP) is -1.06. The van der Waals surface area contributed by atoms with Gasteiger partial charge in [0.1, 0.15) is 0 Å². The zero-order chi connectivity index (χ0) is 9.84. The van der Waals surface area contributed by atoms with Crippen LogP contribution < -0.4 is 10.2 Å². The molecule has 0 amide bonds. The highest BCUT2D eigenvalue weighted by Crippen LogP contribution is 2.03. The fourth-order valence-corrected chi connectivity index (χ4v) is 0.801. The summed E-state index contributed by atoms with van der Waals surface area (Å²) in [6, 6.07) is 1.44. The van der Waals surface area contributed by atoms with Crippen molar-refractivity contribution in [2.24, 2.45) is 0 Å². The number of rotatable bonds is 3. The first-order chi connectivity index (χ1) is 6.09.